The van der Waals surface area contributed by atoms with Crippen LogP contribution in [0.3, 0.4) is 0 Å². The summed E-state index contributed by atoms with van der Waals surface area (Å²) in [6.07, 6.45) is 5.84. The van der Waals surface area contributed by atoms with Gasteiger partial charge in [-0.3, -0.25) is 14.6 Å². The van der Waals surface area contributed by atoms with Crippen LogP contribution in [-0.4, -0.2) is 57.8 Å². The predicted octanol–water partition coefficient (Wildman–Crippen LogP) is 3.41. The number of carbonyl (C=O) groups excluding carboxylic acids is 2. The van der Waals surface area contributed by atoms with Gasteiger partial charge in [-0.05, 0) is 51.7 Å². The lowest BCUT2D eigenvalue weighted by Crippen LogP contribution is -2.39. The van der Waals surface area contributed by atoms with Crippen molar-refractivity contribution in [2.24, 2.45) is 0 Å². The molecule has 28 heavy (non-hydrogen) atoms. The van der Waals surface area contributed by atoms with Crippen molar-refractivity contribution >= 4 is 23.2 Å². The second kappa shape index (κ2) is 7.99. The Balaban J connectivity index is 1.45. The fourth-order valence-corrected chi connectivity index (χ4v) is 5.04. The molecule has 2 fully saturated rings. The molecule has 0 bridgehead atoms. The van der Waals surface area contributed by atoms with Crippen molar-refractivity contribution < 1.29 is 9.59 Å². The zero-order valence-corrected chi connectivity index (χ0v) is 17.3. The number of pyridine rings is 1. The zero-order valence-electron chi connectivity index (χ0n) is 16.5. The molecule has 2 aliphatic rings. The Morgan fingerprint density at radius 1 is 1.04 bits per heavy atom. The minimum atomic E-state index is 0.0769. The van der Waals surface area contributed by atoms with E-state index in [1.807, 2.05) is 35.8 Å². The van der Waals surface area contributed by atoms with Crippen molar-refractivity contribution in [2.45, 2.75) is 45.4 Å². The first kappa shape index (κ1) is 19.1. The van der Waals surface area contributed by atoms with E-state index < -0.39 is 0 Å². The van der Waals surface area contributed by atoms with Crippen LogP contribution >= 0.6 is 11.3 Å². The van der Waals surface area contributed by atoms with Crippen molar-refractivity contribution in [1.29, 1.82) is 0 Å². The molecular formula is C21H26N4O2S. The normalized spacial score (nSPS) is 19.9. The summed E-state index contributed by atoms with van der Waals surface area (Å²) in [6.45, 7) is 6.96. The second-order valence-electron chi connectivity index (χ2n) is 7.71. The number of thiazole rings is 1. The van der Waals surface area contributed by atoms with E-state index in [1.54, 1.807) is 6.20 Å². The lowest BCUT2D eigenvalue weighted by atomic mass is 9.94. The third-order valence-corrected chi connectivity index (χ3v) is 6.71. The van der Waals surface area contributed by atoms with Crippen LogP contribution in [0.4, 0.5) is 0 Å². The highest BCUT2D eigenvalue weighted by Crippen LogP contribution is 2.28. The van der Waals surface area contributed by atoms with Crippen LogP contribution in [0.1, 0.15) is 68.0 Å². The van der Waals surface area contributed by atoms with Gasteiger partial charge in [-0.25, -0.2) is 4.98 Å². The Bertz CT molecular complexity index is 871. The van der Waals surface area contributed by atoms with Gasteiger partial charge in [0, 0.05) is 44.0 Å². The molecule has 2 aliphatic heterocycles. The number of nitrogens with zero attached hydrogens (tertiary/aromatic N) is 4. The van der Waals surface area contributed by atoms with Gasteiger partial charge in [-0.2, -0.15) is 0 Å². The Morgan fingerprint density at radius 3 is 2.43 bits per heavy atom. The molecule has 0 aromatic carbocycles. The Kier molecular flexibility index (Phi) is 5.44. The lowest BCUT2D eigenvalue weighted by molar-refractivity contribution is 0.0709. The van der Waals surface area contributed by atoms with Gasteiger partial charge in [0.15, 0.2) is 0 Å². The summed E-state index contributed by atoms with van der Waals surface area (Å²) in [4.78, 5) is 39.0. The van der Waals surface area contributed by atoms with Crippen LogP contribution in [0.5, 0.6) is 0 Å². The zero-order chi connectivity index (χ0) is 19.7. The van der Waals surface area contributed by atoms with E-state index in [4.69, 9.17) is 0 Å². The lowest BCUT2D eigenvalue weighted by Gasteiger charge is -2.32. The summed E-state index contributed by atoms with van der Waals surface area (Å²) >= 11 is 1.47. The Labute approximate surface area is 169 Å². The number of carbonyl (C=O) groups is 2. The SMILES string of the molecule is Cc1nc(C)c(C(=O)N2CCCC(c3ccc(C(=O)N4CCCC4)cn3)C2)s1. The number of piperidine rings is 1. The van der Waals surface area contributed by atoms with Gasteiger partial charge in [0.25, 0.3) is 11.8 Å². The molecule has 2 aromatic rings. The number of rotatable bonds is 3. The van der Waals surface area contributed by atoms with Gasteiger partial charge in [0.2, 0.25) is 0 Å². The third kappa shape index (κ3) is 3.81. The standard InChI is InChI=1S/C21H26N4O2S/c1-14-19(28-15(2)23-14)21(27)25-11-5-6-17(13-25)18-8-7-16(12-22-18)20(26)24-9-3-4-10-24/h7-8,12,17H,3-6,9-11,13H2,1-2H3. The first-order valence-corrected chi connectivity index (χ1v) is 10.8. The van der Waals surface area contributed by atoms with Crippen LogP contribution in [0.2, 0.25) is 0 Å². The third-order valence-electron chi connectivity index (χ3n) is 5.65. The van der Waals surface area contributed by atoms with Gasteiger partial charge in [0.1, 0.15) is 4.88 Å². The van der Waals surface area contributed by atoms with Crippen molar-refractivity contribution in [2.75, 3.05) is 26.2 Å². The van der Waals surface area contributed by atoms with Crippen LogP contribution in [0, 0.1) is 13.8 Å². The van der Waals surface area contributed by atoms with Crippen molar-refractivity contribution in [3.05, 3.63) is 45.2 Å². The summed E-state index contributed by atoms with van der Waals surface area (Å²) in [5, 5.41) is 0.925. The summed E-state index contributed by atoms with van der Waals surface area (Å²) in [5.41, 5.74) is 2.44. The minimum Gasteiger partial charge on any atom is -0.339 e. The molecule has 2 aromatic heterocycles. The number of likely N-dealkylation sites (tertiary alicyclic amines) is 2. The molecule has 4 heterocycles. The summed E-state index contributed by atoms with van der Waals surface area (Å²) < 4.78 is 0. The summed E-state index contributed by atoms with van der Waals surface area (Å²) in [7, 11) is 0. The molecule has 2 saturated heterocycles. The van der Waals surface area contributed by atoms with Gasteiger partial charge in [-0.15, -0.1) is 11.3 Å². The van der Waals surface area contributed by atoms with Gasteiger partial charge in [0.05, 0.1) is 16.3 Å². The van der Waals surface area contributed by atoms with Crippen LogP contribution in [-0.2, 0) is 0 Å². The molecule has 1 unspecified atom stereocenters. The highest BCUT2D eigenvalue weighted by molar-refractivity contribution is 7.13. The average Bonchev–Trinajstić information content (AvgIpc) is 3.37. The number of hydrogen-bond acceptors (Lipinski definition) is 5. The molecule has 2 amide bonds. The average molecular weight is 399 g/mol. The van der Waals surface area contributed by atoms with Crippen LogP contribution in [0.25, 0.3) is 0 Å². The fourth-order valence-electron chi connectivity index (χ4n) is 4.15. The maximum Gasteiger partial charge on any atom is 0.265 e. The maximum absolute atomic E-state index is 12.9. The number of amides is 2. The van der Waals surface area contributed by atoms with E-state index in [0.29, 0.717) is 12.1 Å². The van der Waals surface area contributed by atoms with E-state index >= 15 is 0 Å². The number of hydrogen-bond donors (Lipinski definition) is 0. The molecular weight excluding hydrogens is 372 g/mol. The molecule has 0 aliphatic carbocycles. The van der Waals surface area contributed by atoms with E-state index in [0.717, 1.165) is 66.6 Å². The molecule has 6 nitrogen and oxygen atoms in total. The molecule has 148 valence electrons. The molecule has 0 radical (unpaired) electrons. The number of aromatic nitrogens is 2. The fraction of sp³-hybridized carbons (Fsp3) is 0.524. The van der Waals surface area contributed by atoms with Gasteiger partial charge < -0.3 is 9.80 Å². The molecule has 7 heteroatoms. The van der Waals surface area contributed by atoms with E-state index in [1.165, 1.54) is 11.3 Å². The molecule has 0 spiro atoms. The summed E-state index contributed by atoms with van der Waals surface area (Å²) in [5.74, 6) is 0.365. The van der Waals surface area contributed by atoms with E-state index in [-0.39, 0.29) is 17.7 Å². The smallest absolute Gasteiger partial charge is 0.265 e. The number of aryl methyl sites for hydroxylation is 2. The van der Waals surface area contributed by atoms with Crippen LogP contribution in [0.15, 0.2) is 18.3 Å². The first-order chi connectivity index (χ1) is 13.5. The maximum atomic E-state index is 12.9. The van der Waals surface area contributed by atoms with Crippen molar-refractivity contribution in [3.63, 3.8) is 0 Å². The monoisotopic (exact) mass is 398 g/mol. The van der Waals surface area contributed by atoms with Crippen molar-refractivity contribution in [1.82, 2.24) is 19.8 Å². The van der Waals surface area contributed by atoms with E-state index in [2.05, 4.69) is 9.97 Å². The molecule has 0 N–H and O–H groups in total. The minimum absolute atomic E-state index is 0.0769. The van der Waals surface area contributed by atoms with Gasteiger partial charge in [-0.1, -0.05) is 0 Å². The largest absolute Gasteiger partial charge is 0.339 e. The highest BCUT2D eigenvalue weighted by Gasteiger charge is 2.28. The van der Waals surface area contributed by atoms with Crippen molar-refractivity contribution in [3.8, 4) is 0 Å². The summed E-state index contributed by atoms with van der Waals surface area (Å²) in [6, 6.07) is 3.85. The molecule has 4 rings (SSSR count). The molecule has 1 atom stereocenters. The Hall–Kier alpha value is -2.28. The Morgan fingerprint density at radius 2 is 1.79 bits per heavy atom. The predicted molar refractivity (Wildman–Crippen MR) is 109 cm³/mol. The quantitative estimate of drug-likeness (QED) is 0.795. The molecule has 0 saturated carbocycles. The highest BCUT2D eigenvalue weighted by atomic mass is 32.1. The topological polar surface area (TPSA) is 66.4 Å². The second-order valence-corrected chi connectivity index (χ2v) is 8.91. The van der Waals surface area contributed by atoms with E-state index in [9.17, 15) is 9.59 Å². The van der Waals surface area contributed by atoms with Crippen LogP contribution < -0.4 is 0 Å². The first-order valence-electron chi connectivity index (χ1n) is 10.0. The van der Waals surface area contributed by atoms with Gasteiger partial charge >= 0.3 is 0 Å².